The Kier molecular flexibility index (Phi) is 3.20. The van der Waals surface area contributed by atoms with E-state index in [1.165, 1.54) is 15.6 Å². The minimum Gasteiger partial charge on any atom is -0.508 e. The van der Waals surface area contributed by atoms with Crippen LogP contribution in [0.2, 0.25) is 0 Å². The van der Waals surface area contributed by atoms with Gasteiger partial charge in [0.15, 0.2) is 0 Å². The number of aryl methyl sites for hydroxylation is 2. The first-order chi connectivity index (χ1) is 11.1. The summed E-state index contributed by atoms with van der Waals surface area (Å²) < 4.78 is 1.26. The van der Waals surface area contributed by atoms with E-state index in [-0.39, 0.29) is 5.75 Å². The molecular weight excluding hydrogens is 304 g/mol. The van der Waals surface area contributed by atoms with Crippen LogP contribution in [-0.4, -0.2) is 10.1 Å². The summed E-state index contributed by atoms with van der Waals surface area (Å²) in [5, 5.41) is 17.7. The van der Waals surface area contributed by atoms with Gasteiger partial charge in [-0.15, -0.1) is 11.3 Å². The van der Waals surface area contributed by atoms with Gasteiger partial charge in [0.05, 0.1) is 5.52 Å². The molecule has 0 saturated heterocycles. The van der Waals surface area contributed by atoms with Crippen molar-refractivity contribution in [1.82, 2.24) is 4.98 Å². The zero-order valence-electron chi connectivity index (χ0n) is 12.9. The molecule has 0 aliphatic rings. The molecule has 0 aliphatic heterocycles. The molecule has 0 amide bonds. The van der Waals surface area contributed by atoms with Gasteiger partial charge in [0.25, 0.3) is 0 Å². The highest BCUT2D eigenvalue weighted by molar-refractivity contribution is 7.17. The molecule has 4 heteroatoms. The second-order valence-corrected chi connectivity index (χ2v) is 6.68. The average molecular weight is 320 g/mol. The van der Waals surface area contributed by atoms with E-state index >= 15 is 0 Å². The van der Waals surface area contributed by atoms with Crippen LogP contribution >= 0.6 is 11.3 Å². The summed E-state index contributed by atoms with van der Waals surface area (Å²) >= 11 is 1.75. The number of thiophene rings is 1. The largest absolute Gasteiger partial charge is 0.508 e. The fraction of sp³-hybridized carbons (Fsp3) is 0.105. The second-order valence-electron chi connectivity index (χ2n) is 5.77. The molecule has 3 nitrogen and oxygen atoms in total. The number of phenolic OH excluding ortho intramolecular Hbond substituents is 1. The summed E-state index contributed by atoms with van der Waals surface area (Å²) in [7, 11) is 0. The number of anilines is 2. The van der Waals surface area contributed by atoms with Crippen LogP contribution in [-0.2, 0) is 0 Å². The van der Waals surface area contributed by atoms with Gasteiger partial charge in [-0.1, -0.05) is 6.07 Å². The van der Waals surface area contributed by atoms with Crippen molar-refractivity contribution < 1.29 is 5.11 Å². The number of hydrogen-bond acceptors (Lipinski definition) is 4. The highest BCUT2D eigenvalue weighted by Crippen LogP contribution is 2.34. The number of benzene rings is 2. The first-order valence-corrected chi connectivity index (χ1v) is 8.33. The smallest absolute Gasteiger partial charge is 0.117 e. The molecule has 0 radical (unpaired) electrons. The van der Waals surface area contributed by atoms with Crippen LogP contribution in [0.25, 0.3) is 21.0 Å². The Labute approximate surface area is 138 Å². The normalized spacial score (nSPS) is 11.2. The van der Waals surface area contributed by atoms with Crippen molar-refractivity contribution in [3.63, 3.8) is 0 Å². The van der Waals surface area contributed by atoms with Gasteiger partial charge in [-0.25, -0.2) is 0 Å². The lowest BCUT2D eigenvalue weighted by atomic mass is 10.1. The van der Waals surface area contributed by atoms with Crippen molar-refractivity contribution in [2.75, 3.05) is 5.32 Å². The van der Waals surface area contributed by atoms with E-state index in [9.17, 15) is 5.11 Å². The molecule has 23 heavy (non-hydrogen) atoms. The van der Waals surface area contributed by atoms with Crippen molar-refractivity contribution in [2.24, 2.45) is 0 Å². The van der Waals surface area contributed by atoms with Crippen LogP contribution in [0.4, 0.5) is 11.4 Å². The van der Waals surface area contributed by atoms with E-state index in [0.29, 0.717) is 0 Å². The first kappa shape index (κ1) is 14.0. The number of nitrogens with one attached hydrogen (secondary N) is 1. The summed E-state index contributed by atoms with van der Waals surface area (Å²) in [4.78, 5) is 4.51. The van der Waals surface area contributed by atoms with E-state index in [1.807, 2.05) is 25.3 Å². The predicted octanol–water partition coefficient (Wildman–Crippen LogP) is 5.52. The van der Waals surface area contributed by atoms with Crippen LogP contribution < -0.4 is 5.32 Å². The predicted molar refractivity (Wildman–Crippen MR) is 98.0 cm³/mol. The Balaban J connectivity index is 1.89. The monoisotopic (exact) mass is 320 g/mol. The van der Waals surface area contributed by atoms with Crippen molar-refractivity contribution in [3.8, 4) is 5.75 Å². The lowest BCUT2D eigenvalue weighted by molar-refractivity contribution is 0.475. The van der Waals surface area contributed by atoms with Gasteiger partial charge in [0.1, 0.15) is 5.75 Å². The number of aromatic hydroxyl groups is 1. The minimum absolute atomic E-state index is 0.257. The summed E-state index contributed by atoms with van der Waals surface area (Å²) in [5.74, 6) is 0.257. The van der Waals surface area contributed by atoms with Crippen molar-refractivity contribution >= 4 is 43.7 Å². The molecule has 0 spiro atoms. The Morgan fingerprint density at radius 1 is 0.957 bits per heavy atom. The van der Waals surface area contributed by atoms with Gasteiger partial charge in [0, 0.05) is 33.7 Å². The molecule has 0 saturated carbocycles. The molecule has 2 aromatic carbocycles. The minimum atomic E-state index is 0.257. The Bertz CT molecular complexity index is 1040. The Morgan fingerprint density at radius 2 is 1.83 bits per heavy atom. The van der Waals surface area contributed by atoms with E-state index < -0.39 is 0 Å². The quantitative estimate of drug-likeness (QED) is 0.511. The molecule has 4 aromatic rings. The third-order valence-electron chi connectivity index (χ3n) is 4.12. The van der Waals surface area contributed by atoms with Gasteiger partial charge >= 0.3 is 0 Å². The molecule has 4 rings (SSSR count). The van der Waals surface area contributed by atoms with Gasteiger partial charge in [-0.3, -0.25) is 4.98 Å². The van der Waals surface area contributed by atoms with E-state index in [4.69, 9.17) is 0 Å². The molecule has 114 valence electrons. The number of aromatic nitrogens is 1. The van der Waals surface area contributed by atoms with Crippen LogP contribution in [0.5, 0.6) is 5.75 Å². The zero-order chi connectivity index (χ0) is 16.0. The van der Waals surface area contributed by atoms with Crippen LogP contribution in [0, 0.1) is 13.8 Å². The number of rotatable bonds is 2. The Hall–Kier alpha value is -2.59. The van der Waals surface area contributed by atoms with Gasteiger partial charge in [-0.05, 0) is 60.0 Å². The maximum atomic E-state index is 9.72. The number of fused-ring (bicyclic) bond motifs is 2. The summed E-state index contributed by atoms with van der Waals surface area (Å²) in [6.07, 6.45) is 1.82. The fourth-order valence-electron chi connectivity index (χ4n) is 2.79. The van der Waals surface area contributed by atoms with Crippen LogP contribution in [0.15, 0.2) is 48.0 Å². The van der Waals surface area contributed by atoms with E-state index in [1.54, 1.807) is 23.5 Å². The average Bonchev–Trinajstić information content (AvgIpc) is 2.90. The number of phenols is 1. The SMILES string of the molecule is Cc1ccc(O)cc1Nc1ccnc2cc3c(C)csc3cc12. The third kappa shape index (κ3) is 2.41. The summed E-state index contributed by atoms with van der Waals surface area (Å²) in [5.41, 5.74) is 5.25. The van der Waals surface area contributed by atoms with E-state index in [0.717, 1.165) is 27.8 Å². The highest BCUT2D eigenvalue weighted by atomic mass is 32.1. The lowest BCUT2D eigenvalue weighted by Gasteiger charge is -2.12. The lowest BCUT2D eigenvalue weighted by Crippen LogP contribution is -1.95. The molecule has 0 fully saturated rings. The molecule has 2 aromatic heterocycles. The van der Waals surface area contributed by atoms with Crippen LogP contribution in [0.1, 0.15) is 11.1 Å². The van der Waals surface area contributed by atoms with Crippen LogP contribution in [0.3, 0.4) is 0 Å². The topological polar surface area (TPSA) is 45.1 Å². The molecule has 2 heterocycles. The molecular formula is C19H16N2OS. The number of nitrogens with zero attached hydrogens (tertiary/aromatic N) is 1. The fourth-order valence-corrected chi connectivity index (χ4v) is 3.76. The van der Waals surface area contributed by atoms with Crippen molar-refractivity contribution in [1.29, 1.82) is 0 Å². The van der Waals surface area contributed by atoms with Gasteiger partial charge in [0.2, 0.25) is 0 Å². The van der Waals surface area contributed by atoms with Gasteiger partial charge in [-0.2, -0.15) is 0 Å². The number of pyridine rings is 1. The maximum Gasteiger partial charge on any atom is 0.117 e. The second kappa shape index (κ2) is 5.25. The summed E-state index contributed by atoms with van der Waals surface area (Å²) in [6.45, 7) is 4.15. The molecule has 0 aliphatic carbocycles. The first-order valence-electron chi connectivity index (χ1n) is 7.45. The third-order valence-corrected chi connectivity index (χ3v) is 5.18. The maximum absolute atomic E-state index is 9.72. The van der Waals surface area contributed by atoms with Crippen molar-refractivity contribution in [3.05, 3.63) is 59.1 Å². The molecule has 2 N–H and O–H groups in total. The standard InChI is InChI=1S/C19H16N2OS/c1-11-3-4-13(22)7-17(11)21-16-5-6-20-18-8-14-12(2)10-23-19(14)9-15(16)18/h3-10,22H,1-2H3,(H,20,21). The highest BCUT2D eigenvalue weighted by Gasteiger charge is 2.08. The molecule has 0 bridgehead atoms. The Morgan fingerprint density at radius 3 is 2.70 bits per heavy atom. The number of hydrogen-bond donors (Lipinski definition) is 2. The van der Waals surface area contributed by atoms with Gasteiger partial charge < -0.3 is 10.4 Å². The summed E-state index contributed by atoms with van der Waals surface area (Å²) in [6, 6.07) is 11.7. The zero-order valence-corrected chi connectivity index (χ0v) is 13.7. The van der Waals surface area contributed by atoms with Crippen molar-refractivity contribution in [2.45, 2.75) is 13.8 Å². The molecule has 0 unspecified atom stereocenters. The molecule has 0 atom stereocenters. The van der Waals surface area contributed by atoms with E-state index in [2.05, 4.69) is 34.7 Å².